The van der Waals surface area contributed by atoms with Gasteiger partial charge in [-0.25, -0.2) is 13.1 Å². The quantitative estimate of drug-likeness (QED) is 0.810. The lowest BCUT2D eigenvalue weighted by atomic mass is 10.1. The van der Waals surface area contributed by atoms with Crippen molar-refractivity contribution >= 4 is 10.0 Å². The highest BCUT2D eigenvalue weighted by Crippen LogP contribution is 2.26. The first-order valence-electron chi connectivity index (χ1n) is 7.84. The standard InChI is InChI=1S/C15H27N3O2S/c1-4-8-18-11-14(9-13(18)10-16-3)21(19,20)17-15-7-5-6-12(15)2/h9,11-12,15-17H,4-8,10H2,1-3H3. The van der Waals surface area contributed by atoms with Gasteiger partial charge >= 0.3 is 0 Å². The molecule has 0 spiro atoms. The summed E-state index contributed by atoms with van der Waals surface area (Å²) in [6.45, 7) is 5.73. The Morgan fingerprint density at radius 1 is 1.38 bits per heavy atom. The van der Waals surface area contributed by atoms with Crippen molar-refractivity contribution in [2.24, 2.45) is 5.92 Å². The first kappa shape index (κ1) is 16.5. The Morgan fingerprint density at radius 2 is 2.14 bits per heavy atom. The van der Waals surface area contributed by atoms with E-state index in [4.69, 9.17) is 0 Å². The van der Waals surface area contributed by atoms with Crippen LogP contribution in [0.3, 0.4) is 0 Å². The van der Waals surface area contributed by atoms with Crippen LogP contribution in [0, 0.1) is 5.92 Å². The molecule has 21 heavy (non-hydrogen) atoms. The third-order valence-corrected chi connectivity index (χ3v) is 5.72. The van der Waals surface area contributed by atoms with Gasteiger partial charge in [0.2, 0.25) is 10.0 Å². The van der Waals surface area contributed by atoms with Gasteiger partial charge in [0.05, 0.1) is 4.90 Å². The van der Waals surface area contributed by atoms with Crippen molar-refractivity contribution < 1.29 is 8.42 Å². The maximum atomic E-state index is 12.6. The van der Waals surface area contributed by atoms with Crippen LogP contribution in [0.15, 0.2) is 17.2 Å². The fraction of sp³-hybridized carbons (Fsp3) is 0.733. The van der Waals surface area contributed by atoms with E-state index in [0.717, 1.165) is 37.9 Å². The summed E-state index contributed by atoms with van der Waals surface area (Å²) in [7, 11) is -1.54. The van der Waals surface area contributed by atoms with Gasteiger partial charge in [-0.2, -0.15) is 0 Å². The lowest BCUT2D eigenvalue weighted by Gasteiger charge is -2.16. The Labute approximate surface area is 128 Å². The summed E-state index contributed by atoms with van der Waals surface area (Å²) >= 11 is 0. The first-order chi connectivity index (χ1) is 9.97. The minimum Gasteiger partial charge on any atom is -0.349 e. The molecule has 0 radical (unpaired) electrons. The fourth-order valence-corrected chi connectivity index (χ4v) is 4.48. The summed E-state index contributed by atoms with van der Waals surface area (Å²) in [5.41, 5.74) is 1.01. The Kier molecular flexibility index (Phi) is 5.46. The SMILES string of the molecule is CCCn1cc(S(=O)(=O)NC2CCCC2C)cc1CNC. The molecule has 2 rings (SSSR count). The second-order valence-electron chi connectivity index (χ2n) is 6.03. The maximum Gasteiger partial charge on any atom is 0.242 e. The van der Waals surface area contributed by atoms with E-state index in [1.165, 1.54) is 0 Å². The minimum atomic E-state index is -3.41. The molecule has 1 saturated carbocycles. The molecule has 1 fully saturated rings. The van der Waals surface area contributed by atoms with Crippen LogP contribution in [-0.2, 0) is 23.1 Å². The monoisotopic (exact) mass is 313 g/mol. The number of rotatable bonds is 7. The first-order valence-corrected chi connectivity index (χ1v) is 9.32. The molecule has 0 bridgehead atoms. The van der Waals surface area contributed by atoms with Crippen molar-refractivity contribution in [1.29, 1.82) is 0 Å². The number of sulfonamides is 1. The molecule has 6 heteroatoms. The molecule has 1 aromatic heterocycles. The second-order valence-corrected chi connectivity index (χ2v) is 7.74. The molecule has 2 N–H and O–H groups in total. The molecule has 2 unspecified atom stereocenters. The van der Waals surface area contributed by atoms with E-state index in [1.807, 2.05) is 11.6 Å². The van der Waals surface area contributed by atoms with E-state index in [-0.39, 0.29) is 6.04 Å². The van der Waals surface area contributed by atoms with Crippen molar-refractivity contribution in [2.75, 3.05) is 7.05 Å². The van der Waals surface area contributed by atoms with Gasteiger partial charge in [-0.05, 0) is 38.3 Å². The number of nitrogens with one attached hydrogen (secondary N) is 2. The summed E-state index contributed by atoms with van der Waals surface area (Å²) in [5.74, 6) is 0.425. The maximum absolute atomic E-state index is 12.6. The highest BCUT2D eigenvalue weighted by atomic mass is 32.2. The second kappa shape index (κ2) is 6.94. The molecule has 1 aromatic rings. The van der Waals surface area contributed by atoms with Gasteiger partial charge in [-0.1, -0.05) is 20.3 Å². The number of aryl methyl sites for hydroxylation is 1. The van der Waals surface area contributed by atoms with Crippen LogP contribution in [0.5, 0.6) is 0 Å². The predicted molar refractivity (Wildman–Crippen MR) is 84.6 cm³/mol. The van der Waals surface area contributed by atoms with Crippen LogP contribution in [-0.4, -0.2) is 26.1 Å². The van der Waals surface area contributed by atoms with Gasteiger partial charge in [-0.3, -0.25) is 0 Å². The minimum absolute atomic E-state index is 0.0808. The third-order valence-electron chi connectivity index (χ3n) is 4.26. The zero-order valence-electron chi connectivity index (χ0n) is 13.2. The molecule has 5 nitrogen and oxygen atoms in total. The Hall–Kier alpha value is -0.850. The molecule has 0 aliphatic heterocycles. The van der Waals surface area contributed by atoms with Crippen molar-refractivity contribution in [3.63, 3.8) is 0 Å². The van der Waals surface area contributed by atoms with Gasteiger partial charge in [-0.15, -0.1) is 0 Å². The van der Waals surface area contributed by atoms with Crippen molar-refractivity contribution in [1.82, 2.24) is 14.6 Å². The molecular formula is C15H27N3O2S. The molecule has 1 aliphatic carbocycles. The number of nitrogens with zero attached hydrogens (tertiary/aromatic N) is 1. The fourth-order valence-electron chi connectivity index (χ4n) is 3.04. The number of aromatic nitrogens is 1. The van der Waals surface area contributed by atoms with Crippen molar-refractivity contribution in [3.8, 4) is 0 Å². The summed E-state index contributed by atoms with van der Waals surface area (Å²) < 4.78 is 30.0. The third kappa shape index (κ3) is 3.87. The van der Waals surface area contributed by atoms with E-state index in [9.17, 15) is 8.42 Å². The van der Waals surface area contributed by atoms with Crippen molar-refractivity contribution in [2.45, 2.75) is 63.6 Å². The summed E-state index contributed by atoms with van der Waals surface area (Å²) in [5, 5.41) is 3.09. The zero-order valence-corrected chi connectivity index (χ0v) is 14.0. The van der Waals surface area contributed by atoms with Gasteiger partial charge in [0.1, 0.15) is 0 Å². The molecular weight excluding hydrogens is 286 g/mol. The van der Waals surface area contributed by atoms with Crippen LogP contribution >= 0.6 is 0 Å². The van der Waals surface area contributed by atoms with Gasteiger partial charge in [0, 0.05) is 31.0 Å². The lowest BCUT2D eigenvalue weighted by molar-refractivity contribution is 0.476. The highest BCUT2D eigenvalue weighted by Gasteiger charge is 2.29. The van der Waals surface area contributed by atoms with Crippen LogP contribution in [0.1, 0.15) is 45.2 Å². The Bertz CT molecular complexity index is 542. The smallest absolute Gasteiger partial charge is 0.242 e. The van der Waals surface area contributed by atoms with Crippen LogP contribution in [0.2, 0.25) is 0 Å². The average molecular weight is 313 g/mol. The predicted octanol–water partition coefficient (Wildman–Crippen LogP) is 2.08. The summed E-state index contributed by atoms with van der Waals surface area (Å²) in [6.07, 6.45) is 5.90. The number of hydrogen-bond acceptors (Lipinski definition) is 3. The Morgan fingerprint density at radius 3 is 2.71 bits per heavy atom. The van der Waals surface area contributed by atoms with Gasteiger partial charge in [0.15, 0.2) is 0 Å². The topological polar surface area (TPSA) is 63.1 Å². The van der Waals surface area contributed by atoms with Crippen LogP contribution in [0.4, 0.5) is 0 Å². The van der Waals surface area contributed by atoms with E-state index in [0.29, 0.717) is 17.4 Å². The molecule has 1 aliphatic rings. The molecule has 1 heterocycles. The van der Waals surface area contributed by atoms with E-state index in [1.54, 1.807) is 12.3 Å². The molecule has 0 amide bonds. The van der Waals surface area contributed by atoms with Gasteiger partial charge in [0.25, 0.3) is 0 Å². The average Bonchev–Trinajstić information content (AvgIpc) is 2.99. The molecule has 120 valence electrons. The van der Waals surface area contributed by atoms with E-state index >= 15 is 0 Å². The molecule has 2 atom stereocenters. The molecule has 0 saturated heterocycles. The van der Waals surface area contributed by atoms with E-state index < -0.39 is 10.0 Å². The van der Waals surface area contributed by atoms with Crippen molar-refractivity contribution in [3.05, 3.63) is 18.0 Å². The normalized spacial score (nSPS) is 22.8. The van der Waals surface area contributed by atoms with E-state index in [2.05, 4.69) is 23.9 Å². The zero-order chi connectivity index (χ0) is 15.5. The van der Waals surface area contributed by atoms with Crippen LogP contribution in [0.25, 0.3) is 0 Å². The summed E-state index contributed by atoms with van der Waals surface area (Å²) in [4.78, 5) is 0.389. The number of hydrogen-bond donors (Lipinski definition) is 2. The highest BCUT2D eigenvalue weighted by molar-refractivity contribution is 7.89. The lowest BCUT2D eigenvalue weighted by Crippen LogP contribution is -2.36. The van der Waals surface area contributed by atoms with Gasteiger partial charge < -0.3 is 9.88 Å². The Balaban J connectivity index is 2.20. The molecule has 0 aromatic carbocycles. The largest absolute Gasteiger partial charge is 0.349 e. The summed E-state index contributed by atoms with van der Waals surface area (Å²) in [6, 6.07) is 1.87. The van der Waals surface area contributed by atoms with Crippen LogP contribution < -0.4 is 10.0 Å².